The molecule has 104 valence electrons. The number of nitrogens with zero attached hydrogens (tertiary/aromatic N) is 2. The molecule has 1 aliphatic heterocycles. The number of piperazine rings is 1. The first kappa shape index (κ1) is 14.6. The number of benzene rings is 1. The summed E-state index contributed by atoms with van der Waals surface area (Å²) in [5.41, 5.74) is 1.28. The molecule has 0 amide bonds. The topological polar surface area (TPSA) is 6.48 Å². The van der Waals surface area contributed by atoms with E-state index in [9.17, 15) is 0 Å². The molecule has 1 fully saturated rings. The zero-order valence-corrected chi connectivity index (χ0v) is 12.2. The van der Waals surface area contributed by atoms with E-state index in [1.54, 1.807) is 0 Å². The van der Waals surface area contributed by atoms with Crippen molar-refractivity contribution >= 4 is 17.7 Å². The molecule has 1 aromatic carbocycles. The Morgan fingerprint density at radius 3 is 2.37 bits per heavy atom. The van der Waals surface area contributed by atoms with E-state index in [1.165, 1.54) is 31.7 Å². The van der Waals surface area contributed by atoms with Gasteiger partial charge in [0.1, 0.15) is 0 Å². The fraction of sp³-hybridized carbons (Fsp3) is 0.500. The number of alkyl halides is 1. The van der Waals surface area contributed by atoms with Crippen molar-refractivity contribution in [2.75, 3.05) is 45.1 Å². The molecular formula is C16H23ClN2. The Bertz CT molecular complexity index is 370. The Balaban J connectivity index is 1.67. The molecule has 0 unspecified atom stereocenters. The second-order valence-electron chi connectivity index (χ2n) is 5.00. The SMILES string of the molecule is ClCCCN1CCN(CC=Cc2ccccc2)CC1. The van der Waals surface area contributed by atoms with Gasteiger partial charge in [-0.25, -0.2) is 0 Å². The van der Waals surface area contributed by atoms with E-state index < -0.39 is 0 Å². The lowest BCUT2D eigenvalue weighted by molar-refractivity contribution is 0.143. The quantitative estimate of drug-likeness (QED) is 0.738. The van der Waals surface area contributed by atoms with Crippen LogP contribution in [-0.2, 0) is 0 Å². The molecule has 0 atom stereocenters. The van der Waals surface area contributed by atoms with E-state index in [-0.39, 0.29) is 0 Å². The Morgan fingerprint density at radius 1 is 1.00 bits per heavy atom. The maximum Gasteiger partial charge on any atom is 0.0235 e. The normalized spacial score (nSPS) is 18.2. The molecule has 0 bridgehead atoms. The maximum absolute atomic E-state index is 5.73. The van der Waals surface area contributed by atoms with Gasteiger partial charge in [0.2, 0.25) is 0 Å². The van der Waals surface area contributed by atoms with Crippen LogP contribution in [0.15, 0.2) is 36.4 Å². The van der Waals surface area contributed by atoms with Crippen LogP contribution < -0.4 is 0 Å². The molecule has 3 heteroatoms. The third-order valence-corrected chi connectivity index (χ3v) is 3.81. The molecule has 0 saturated carbocycles. The third-order valence-electron chi connectivity index (χ3n) is 3.55. The van der Waals surface area contributed by atoms with Crippen molar-refractivity contribution < 1.29 is 0 Å². The van der Waals surface area contributed by atoms with E-state index >= 15 is 0 Å². The Morgan fingerprint density at radius 2 is 1.68 bits per heavy atom. The van der Waals surface area contributed by atoms with Crippen LogP contribution in [0, 0.1) is 0 Å². The van der Waals surface area contributed by atoms with Crippen molar-refractivity contribution in [2.45, 2.75) is 6.42 Å². The van der Waals surface area contributed by atoms with Gasteiger partial charge in [-0.05, 0) is 18.5 Å². The van der Waals surface area contributed by atoms with E-state index in [4.69, 9.17) is 11.6 Å². The lowest BCUT2D eigenvalue weighted by Crippen LogP contribution is -2.46. The number of rotatable bonds is 6. The molecule has 19 heavy (non-hydrogen) atoms. The smallest absolute Gasteiger partial charge is 0.0235 e. The van der Waals surface area contributed by atoms with Crippen LogP contribution >= 0.6 is 11.6 Å². The van der Waals surface area contributed by atoms with Crippen LogP contribution in [0.3, 0.4) is 0 Å². The van der Waals surface area contributed by atoms with Crippen molar-refractivity contribution in [2.24, 2.45) is 0 Å². The minimum absolute atomic E-state index is 0.778. The fourth-order valence-corrected chi connectivity index (χ4v) is 2.50. The molecule has 2 nitrogen and oxygen atoms in total. The van der Waals surface area contributed by atoms with E-state index in [0.29, 0.717) is 0 Å². The minimum atomic E-state index is 0.778. The number of halogens is 1. The van der Waals surface area contributed by atoms with Gasteiger partial charge in [-0.15, -0.1) is 11.6 Å². The van der Waals surface area contributed by atoms with E-state index in [0.717, 1.165) is 25.4 Å². The maximum atomic E-state index is 5.73. The summed E-state index contributed by atoms with van der Waals surface area (Å²) in [6.07, 6.45) is 5.58. The zero-order chi connectivity index (χ0) is 13.3. The zero-order valence-electron chi connectivity index (χ0n) is 11.5. The van der Waals surface area contributed by atoms with Gasteiger partial charge in [-0.1, -0.05) is 42.5 Å². The summed E-state index contributed by atoms with van der Waals surface area (Å²) in [6, 6.07) is 10.5. The van der Waals surface area contributed by atoms with Crippen LogP contribution in [0.5, 0.6) is 0 Å². The molecule has 1 aliphatic rings. The highest BCUT2D eigenvalue weighted by molar-refractivity contribution is 6.17. The third kappa shape index (κ3) is 5.35. The first-order valence-electron chi connectivity index (χ1n) is 7.11. The molecule has 0 radical (unpaired) electrons. The van der Waals surface area contributed by atoms with Gasteiger partial charge in [0.15, 0.2) is 0 Å². The highest BCUT2D eigenvalue weighted by Crippen LogP contribution is 2.05. The predicted molar refractivity (Wildman–Crippen MR) is 83.7 cm³/mol. The summed E-state index contributed by atoms with van der Waals surface area (Å²) in [5, 5.41) is 0. The van der Waals surface area contributed by atoms with Crippen LogP contribution in [0.4, 0.5) is 0 Å². The van der Waals surface area contributed by atoms with Crippen molar-refractivity contribution in [3.8, 4) is 0 Å². The lowest BCUT2D eigenvalue weighted by Gasteiger charge is -2.34. The lowest BCUT2D eigenvalue weighted by atomic mass is 10.2. The van der Waals surface area contributed by atoms with Crippen molar-refractivity contribution in [1.82, 2.24) is 9.80 Å². The molecule has 0 spiro atoms. The van der Waals surface area contributed by atoms with Gasteiger partial charge in [0.05, 0.1) is 0 Å². The van der Waals surface area contributed by atoms with Crippen LogP contribution in [0.1, 0.15) is 12.0 Å². The molecule has 0 N–H and O–H groups in total. The summed E-state index contributed by atoms with van der Waals surface area (Å²) >= 11 is 5.73. The van der Waals surface area contributed by atoms with Gasteiger partial charge in [-0.3, -0.25) is 4.90 Å². The van der Waals surface area contributed by atoms with Crippen molar-refractivity contribution in [1.29, 1.82) is 0 Å². The Kier molecular flexibility index (Phi) is 6.42. The van der Waals surface area contributed by atoms with Gasteiger partial charge in [0.25, 0.3) is 0 Å². The fourth-order valence-electron chi connectivity index (χ4n) is 2.38. The van der Waals surface area contributed by atoms with E-state index in [2.05, 4.69) is 52.3 Å². The Hall–Kier alpha value is -0.830. The molecule has 2 rings (SSSR count). The molecule has 1 aromatic rings. The van der Waals surface area contributed by atoms with E-state index in [1.807, 2.05) is 0 Å². The minimum Gasteiger partial charge on any atom is -0.301 e. The van der Waals surface area contributed by atoms with Gasteiger partial charge < -0.3 is 4.90 Å². The van der Waals surface area contributed by atoms with Crippen LogP contribution in [0.25, 0.3) is 6.08 Å². The van der Waals surface area contributed by atoms with Crippen molar-refractivity contribution in [3.63, 3.8) is 0 Å². The largest absolute Gasteiger partial charge is 0.301 e. The average Bonchev–Trinajstić information content (AvgIpc) is 2.47. The second kappa shape index (κ2) is 8.36. The summed E-state index contributed by atoms with van der Waals surface area (Å²) < 4.78 is 0. The van der Waals surface area contributed by atoms with Crippen LogP contribution in [0.2, 0.25) is 0 Å². The first-order chi connectivity index (χ1) is 9.38. The highest BCUT2D eigenvalue weighted by atomic mass is 35.5. The monoisotopic (exact) mass is 278 g/mol. The molecule has 1 heterocycles. The Labute approximate surface area is 121 Å². The summed E-state index contributed by atoms with van der Waals surface area (Å²) in [5.74, 6) is 0.778. The van der Waals surface area contributed by atoms with Gasteiger partial charge in [0, 0.05) is 38.6 Å². The number of hydrogen-bond acceptors (Lipinski definition) is 2. The predicted octanol–water partition coefficient (Wildman–Crippen LogP) is 2.95. The highest BCUT2D eigenvalue weighted by Gasteiger charge is 2.14. The first-order valence-corrected chi connectivity index (χ1v) is 7.64. The molecule has 0 aliphatic carbocycles. The van der Waals surface area contributed by atoms with Gasteiger partial charge >= 0.3 is 0 Å². The van der Waals surface area contributed by atoms with Crippen LogP contribution in [-0.4, -0.2) is 54.9 Å². The summed E-state index contributed by atoms with van der Waals surface area (Å²) in [6.45, 7) is 6.89. The molecular weight excluding hydrogens is 256 g/mol. The van der Waals surface area contributed by atoms with Gasteiger partial charge in [-0.2, -0.15) is 0 Å². The second-order valence-corrected chi connectivity index (χ2v) is 5.38. The van der Waals surface area contributed by atoms with Crippen molar-refractivity contribution in [3.05, 3.63) is 42.0 Å². The summed E-state index contributed by atoms with van der Waals surface area (Å²) in [4.78, 5) is 5.02. The average molecular weight is 279 g/mol. The molecule has 1 saturated heterocycles. The molecule has 0 aromatic heterocycles. The number of hydrogen-bond donors (Lipinski definition) is 0. The summed E-state index contributed by atoms with van der Waals surface area (Å²) in [7, 11) is 0. The standard InChI is InChI=1S/C16H23ClN2/c17-9-5-11-19-14-12-18(13-15-19)10-4-8-16-6-2-1-3-7-16/h1-4,6-8H,5,9-15H2.